The SMILES string of the molecule is COc1cccc2c1C(=O)c1c(O)c3c(c(O)c1C2=O)CC(O)(C(=O)COC1CC(OC(C)=O)C(OC(C)=O)C(C)O1)CC3OC1CC(OC(C)=O)C(OC(C)=O)C(C)O1. The Morgan fingerprint density at radius 2 is 1.28 bits per heavy atom. The van der Waals surface area contributed by atoms with Gasteiger partial charge in [0.1, 0.15) is 41.7 Å². The van der Waals surface area contributed by atoms with E-state index in [1.54, 1.807) is 6.92 Å². The van der Waals surface area contributed by atoms with Gasteiger partial charge in [-0.1, -0.05) is 12.1 Å². The van der Waals surface area contributed by atoms with Crippen LogP contribution in [-0.2, 0) is 68.3 Å². The highest BCUT2D eigenvalue weighted by molar-refractivity contribution is 6.31. The van der Waals surface area contributed by atoms with Crippen molar-refractivity contribution in [3.8, 4) is 17.2 Å². The number of rotatable bonds is 11. The van der Waals surface area contributed by atoms with E-state index in [0.29, 0.717) is 0 Å². The van der Waals surface area contributed by atoms with E-state index in [9.17, 15) is 48.9 Å². The number of ether oxygens (including phenoxy) is 9. The number of carbonyl (C=O) groups is 7. The molecule has 2 aliphatic heterocycles. The van der Waals surface area contributed by atoms with E-state index in [4.69, 9.17) is 42.6 Å². The molecule has 2 fully saturated rings. The Labute approximate surface area is 343 Å². The van der Waals surface area contributed by atoms with Gasteiger partial charge in [0.25, 0.3) is 0 Å². The Morgan fingerprint density at radius 3 is 1.83 bits per heavy atom. The van der Waals surface area contributed by atoms with E-state index in [-0.39, 0.29) is 40.8 Å². The Hall–Kier alpha value is -5.47. The lowest BCUT2D eigenvalue weighted by Crippen LogP contribution is -2.53. The maximum atomic E-state index is 14.1. The van der Waals surface area contributed by atoms with Crippen molar-refractivity contribution in [2.24, 2.45) is 0 Å². The smallest absolute Gasteiger partial charge is 0.303 e. The Morgan fingerprint density at radius 1 is 0.750 bits per heavy atom. The molecule has 324 valence electrons. The molecule has 4 aliphatic rings. The Kier molecular flexibility index (Phi) is 12.7. The predicted octanol–water partition coefficient (Wildman–Crippen LogP) is 2.20. The molecule has 0 saturated carbocycles. The zero-order valence-corrected chi connectivity index (χ0v) is 33.8. The van der Waals surface area contributed by atoms with Crippen LogP contribution in [0.5, 0.6) is 17.2 Å². The molecule has 0 bridgehead atoms. The summed E-state index contributed by atoms with van der Waals surface area (Å²) >= 11 is 0. The van der Waals surface area contributed by atoms with E-state index in [1.165, 1.54) is 39.2 Å². The summed E-state index contributed by atoms with van der Waals surface area (Å²) in [5.41, 5.74) is -4.42. The second kappa shape index (κ2) is 17.3. The van der Waals surface area contributed by atoms with E-state index in [1.807, 2.05) is 0 Å². The van der Waals surface area contributed by atoms with Crippen molar-refractivity contribution in [3.63, 3.8) is 0 Å². The number of carbonyl (C=O) groups excluding carboxylic acids is 7. The van der Waals surface area contributed by atoms with Crippen LogP contribution >= 0.6 is 0 Å². The lowest BCUT2D eigenvalue weighted by atomic mass is 9.72. The number of ketones is 3. The van der Waals surface area contributed by atoms with Gasteiger partial charge in [-0.05, 0) is 19.9 Å². The molecule has 2 aromatic rings. The second-order valence-electron chi connectivity index (χ2n) is 15.1. The van der Waals surface area contributed by atoms with Gasteiger partial charge in [0.15, 0.2) is 36.4 Å². The molecule has 2 heterocycles. The van der Waals surface area contributed by atoms with Crippen molar-refractivity contribution >= 4 is 41.2 Å². The zero-order valence-electron chi connectivity index (χ0n) is 33.8. The fraction of sp³-hybridized carbons (Fsp3) is 0.537. The summed E-state index contributed by atoms with van der Waals surface area (Å²) in [7, 11) is 1.29. The number of aliphatic hydroxyl groups is 1. The van der Waals surface area contributed by atoms with Gasteiger partial charge in [-0.2, -0.15) is 0 Å². The third-order valence-corrected chi connectivity index (χ3v) is 10.8. The molecule has 10 unspecified atom stereocenters. The normalized spacial score (nSPS) is 29.6. The first-order valence-corrected chi connectivity index (χ1v) is 19.1. The number of hydrogen-bond donors (Lipinski definition) is 3. The molecule has 3 N–H and O–H groups in total. The van der Waals surface area contributed by atoms with E-state index in [0.717, 1.165) is 20.8 Å². The second-order valence-corrected chi connectivity index (χ2v) is 15.1. The molecule has 6 rings (SSSR count). The Balaban J connectivity index is 1.36. The molecule has 10 atom stereocenters. The summed E-state index contributed by atoms with van der Waals surface area (Å²) in [5.74, 6) is -6.94. The highest BCUT2D eigenvalue weighted by Crippen LogP contribution is 2.53. The topological polar surface area (TPSA) is 263 Å². The highest BCUT2D eigenvalue weighted by Gasteiger charge is 2.52. The largest absolute Gasteiger partial charge is 0.507 e. The molecule has 2 aromatic carbocycles. The lowest BCUT2D eigenvalue weighted by molar-refractivity contribution is -0.272. The average molecular weight is 843 g/mol. The maximum absolute atomic E-state index is 14.1. The number of fused-ring (bicyclic) bond motifs is 3. The van der Waals surface area contributed by atoms with E-state index in [2.05, 4.69) is 0 Å². The van der Waals surface area contributed by atoms with Gasteiger partial charge in [-0.15, -0.1) is 0 Å². The summed E-state index contributed by atoms with van der Waals surface area (Å²) in [6.07, 6.45) is -11.8. The van der Waals surface area contributed by atoms with Gasteiger partial charge in [0, 0.05) is 70.1 Å². The standard InChI is InChI=1S/C41H46O19/c1-16-39(58-20(5)44)25(56-18(3)42)11-29(54-16)53-15-28(46)41(51)13-23-32(27(14-41)60-30-12-26(57-19(4)43)40(17(2)55-30)59-21(6)45)38(50)34-33(36(23)48)35(47)22-9-8-10-24(52-7)31(22)37(34)49/h8-10,16-17,25-27,29-30,39-40,48,50-51H,11-15H2,1-7H3. The van der Waals surface area contributed by atoms with Crippen LogP contribution in [0.15, 0.2) is 18.2 Å². The molecular weight excluding hydrogens is 796 g/mol. The van der Waals surface area contributed by atoms with Crippen LogP contribution in [-0.4, -0.2) is 125 Å². The van der Waals surface area contributed by atoms with Gasteiger partial charge in [0.05, 0.1) is 42.1 Å². The molecule has 0 spiro atoms. The summed E-state index contributed by atoms with van der Waals surface area (Å²) in [6, 6.07) is 4.26. The number of Topliss-reactive ketones (excluding diaryl/α,β-unsaturated/α-hetero) is 1. The first-order valence-electron chi connectivity index (χ1n) is 19.1. The van der Waals surface area contributed by atoms with Crippen LogP contribution in [0.4, 0.5) is 0 Å². The third kappa shape index (κ3) is 8.58. The summed E-state index contributed by atoms with van der Waals surface area (Å²) < 4.78 is 50.8. The van der Waals surface area contributed by atoms with Crippen molar-refractivity contribution in [1.82, 2.24) is 0 Å². The minimum Gasteiger partial charge on any atom is -0.507 e. The molecule has 0 aromatic heterocycles. The molecule has 19 heteroatoms. The number of benzene rings is 2. The number of hydrogen-bond acceptors (Lipinski definition) is 19. The van der Waals surface area contributed by atoms with Crippen LogP contribution in [0.2, 0.25) is 0 Å². The molecule has 0 amide bonds. The zero-order chi connectivity index (χ0) is 44.0. The van der Waals surface area contributed by atoms with Gasteiger partial charge in [-0.25, -0.2) is 0 Å². The van der Waals surface area contributed by atoms with Crippen LogP contribution < -0.4 is 4.74 Å². The van der Waals surface area contributed by atoms with Crippen LogP contribution in [0.1, 0.15) is 110 Å². The van der Waals surface area contributed by atoms with Crippen molar-refractivity contribution in [3.05, 3.63) is 51.6 Å². The molecule has 19 nitrogen and oxygen atoms in total. The molecule has 2 saturated heterocycles. The van der Waals surface area contributed by atoms with Gasteiger partial charge in [-0.3, -0.25) is 33.6 Å². The van der Waals surface area contributed by atoms with Gasteiger partial charge >= 0.3 is 23.9 Å². The highest BCUT2D eigenvalue weighted by atomic mass is 16.7. The van der Waals surface area contributed by atoms with Crippen LogP contribution in [0, 0.1) is 0 Å². The fourth-order valence-electron chi connectivity index (χ4n) is 8.31. The summed E-state index contributed by atoms with van der Waals surface area (Å²) in [6.45, 7) is 6.89. The molecule has 2 aliphatic carbocycles. The van der Waals surface area contributed by atoms with Gasteiger partial charge in [0.2, 0.25) is 5.78 Å². The van der Waals surface area contributed by atoms with Crippen molar-refractivity contribution in [1.29, 1.82) is 0 Å². The van der Waals surface area contributed by atoms with Gasteiger partial charge < -0.3 is 58.0 Å². The van der Waals surface area contributed by atoms with Crippen molar-refractivity contribution in [2.75, 3.05) is 13.7 Å². The van der Waals surface area contributed by atoms with Crippen LogP contribution in [0.3, 0.4) is 0 Å². The minimum absolute atomic E-state index is 0.0294. The fourth-order valence-corrected chi connectivity index (χ4v) is 8.31. The van der Waals surface area contributed by atoms with E-state index >= 15 is 0 Å². The summed E-state index contributed by atoms with van der Waals surface area (Å²) in [5, 5.41) is 36.0. The first kappa shape index (κ1) is 44.1. The maximum Gasteiger partial charge on any atom is 0.303 e. The first-order chi connectivity index (χ1) is 28.2. The molecular formula is C41H46O19. The van der Waals surface area contributed by atoms with Crippen molar-refractivity contribution < 1.29 is 91.5 Å². The predicted molar refractivity (Wildman–Crippen MR) is 198 cm³/mol. The lowest BCUT2D eigenvalue weighted by Gasteiger charge is -2.43. The van der Waals surface area contributed by atoms with Crippen LogP contribution in [0.25, 0.3) is 0 Å². The number of methoxy groups -OCH3 is 1. The third-order valence-electron chi connectivity index (χ3n) is 10.8. The Bertz CT molecular complexity index is 2110. The summed E-state index contributed by atoms with van der Waals surface area (Å²) in [4.78, 5) is 89.8. The number of aromatic hydroxyl groups is 2. The minimum atomic E-state index is -2.45. The van der Waals surface area contributed by atoms with E-state index < -0.39 is 144 Å². The molecule has 0 radical (unpaired) electrons. The number of phenolic OH excluding ortho intramolecular Hbond substituents is 2. The molecule has 60 heavy (non-hydrogen) atoms. The monoisotopic (exact) mass is 842 g/mol. The van der Waals surface area contributed by atoms with Crippen molar-refractivity contribution in [2.45, 2.75) is 128 Å². The quantitative estimate of drug-likeness (QED) is 0.142. The number of esters is 4. The average Bonchev–Trinajstić information content (AvgIpc) is 3.15. The number of phenols is 2.